The molecule has 2 heteroatoms. The first-order valence-corrected chi connectivity index (χ1v) is 12.3. The van der Waals surface area contributed by atoms with Crippen LogP contribution in [-0.4, -0.2) is 35.7 Å². The minimum absolute atomic E-state index is 0.354. The van der Waals surface area contributed by atoms with Crippen LogP contribution in [0, 0.1) is 41.4 Å². The van der Waals surface area contributed by atoms with Crippen LogP contribution in [0.4, 0.5) is 0 Å². The minimum Gasteiger partial charge on any atom is -0.371 e. The molecular formula is C24H37NO. The van der Waals surface area contributed by atoms with Crippen molar-refractivity contribution >= 4 is 0 Å². The number of piperidine rings is 2. The molecule has 3 aliphatic heterocycles. The van der Waals surface area contributed by atoms with Gasteiger partial charge in [0.2, 0.25) is 0 Å². The van der Waals surface area contributed by atoms with Crippen LogP contribution >= 0.6 is 0 Å². The van der Waals surface area contributed by atoms with Gasteiger partial charge in [0, 0.05) is 12.6 Å². The fraction of sp³-hybridized carbons (Fsp3) is 1.00. The van der Waals surface area contributed by atoms with E-state index in [0.29, 0.717) is 11.7 Å². The highest BCUT2D eigenvalue weighted by Gasteiger charge is 2.69. The third kappa shape index (κ3) is 1.92. The van der Waals surface area contributed by atoms with Crippen molar-refractivity contribution < 1.29 is 4.74 Å². The van der Waals surface area contributed by atoms with Crippen molar-refractivity contribution in [1.29, 1.82) is 0 Å². The second kappa shape index (κ2) is 5.50. The van der Waals surface area contributed by atoms with Crippen LogP contribution in [0.15, 0.2) is 0 Å². The van der Waals surface area contributed by atoms with Gasteiger partial charge in [0.05, 0.1) is 11.7 Å². The molecule has 4 bridgehead atoms. The maximum absolute atomic E-state index is 7.09. The van der Waals surface area contributed by atoms with Crippen LogP contribution in [0.25, 0.3) is 0 Å². The van der Waals surface area contributed by atoms with Crippen LogP contribution < -0.4 is 0 Å². The van der Waals surface area contributed by atoms with Gasteiger partial charge < -0.3 is 9.64 Å². The highest BCUT2D eigenvalue weighted by molar-refractivity contribution is 5.18. The van der Waals surface area contributed by atoms with E-state index in [1.807, 2.05) is 0 Å². The van der Waals surface area contributed by atoms with E-state index in [2.05, 4.69) is 4.90 Å². The molecule has 144 valence electrons. The van der Waals surface area contributed by atoms with Crippen molar-refractivity contribution in [2.45, 2.75) is 94.8 Å². The largest absolute Gasteiger partial charge is 0.371 e. The van der Waals surface area contributed by atoms with E-state index >= 15 is 0 Å². The zero-order valence-electron chi connectivity index (χ0n) is 16.5. The van der Waals surface area contributed by atoms with Gasteiger partial charge in [-0.1, -0.05) is 12.8 Å². The molecular weight excluding hydrogens is 318 g/mol. The van der Waals surface area contributed by atoms with Crippen molar-refractivity contribution in [3.63, 3.8) is 0 Å². The van der Waals surface area contributed by atoms with Gasteiger partial charge in [0.25, 0.3) is 0 Å². The molecule has 0 amide bonds. The Balaban J connectivity index is 1.21. The predicted molar refractivity (Wildman–Crippen MR) is 103 cm³/mol. The Labute approximate surface area is 159 Å². The van der Waals surface area contributed by atoms with Gasteiger partial charge in [0.1, 0.15) is 0 Å². The van der Waals surface area contributed by atoms with Gasteiger partial charge >= 0.3 is 0 Å². The van der Waals surface area contributed by atoms with E-state index in [1.165, 1.54) is 70.9 Å². The smallest absolute Gasteiger partial charge is 0.0751 e. The van der Waals surface area contributed by atoms with E-state index in [4.69, 9.17) is 4.74 Å². The van der Waals surface area contributed by atoms with Crippen LogP contribution in [0.3, 0.4) is 0 Å². The molecule has 0 N–H and O–H groups in total. The monoisotopic (exact) mass is 355 g/mol. The highest BCUT2D eigenvalue weighted by atomic mass is 16.5. The molecule has 4 aliphatic carbocycles. The Kier molecular flexibility index (Phi) is 3.34. The number of fused-ring (bicyclic) bond motifs is 5. The summed E-state index contributed by atoms with van der Waals surface area (Å²) >= 11 is 0. The van der Waals surface area contributed by atoms with Crippen molar-refractivity contribution in [1.82, 2.24) is 4.90 Å². The van der Waals surface area contributed by atoms with Gasteiger partial charge in [-0.25, -0.2) is 0 Å². The Morgan fingerprint density at radius 1 is 0.731 bits per heavy atom. The summed E-state index contributed by atoms with van der Waals surface area (Å²) in [5.74, 6) is 6.97. The second-order valence-corrected chi connectivity index (χ2v) is 11.4. The van der Waals surface area contributed by atoms with Gasteiger partial charge in [-0.15, -0.1) is 0 Å². The van der Waals surface area contributed by atoms with Gasteiger partial charge in [-0.05, 0) is 112 Å². The molecule has 3 saturated heterocycles. The summed E-state index contributed by atoms with van der Waals surface area (Å²) in [7, 11) is 0. The quantitative estimate of drug-likeness (QED) is 0.614. The zero-order valence-corrected chi connectivity index (χ0v) is 16.5. The maximum atomic E-state index is 7.09. The molecule has 3 heterocycles. The number of rotatable bonds is 0. The fourth-order valence-corrected chi connectivity index (χ4v) is 10.1. The molecule has 0 aromatic heterocycles. The Morgan fingerprint density at radius 3 is 2.65 bits per heavy atom. The van der Waals surface area contributed by atoms with Crippen molar-refractivity contribution in [3.8, 4) is 0 Å². The lowest BCUT2D eigenvalue weighted by molar-refractivity contribution is -0.0835. The van der Waals surface area contributed by atoms with Crippen LogP contribution in [-0.2, 0) is 4.74 Å². The Morgan fingerprint density at radius 2 is 1.65 bits per heavy atom. The molecule has 7 rings (SSSR count). The summed E-state index contributed by atoms with van der Waals surface area (Å²) in [6, 6.07) is 0.953. The van der Waals surface area contributed by atoms with Crippen LogP contribution in [0.2, 0.25) is 0 Å². The average molecular weight is 356 g/mol. The molecule has 2 nitrogen and oxygen atoms in total. The molecule has 4 saturated carbocycles. The number of ether oxygens (including phenoxy) is 1. The highest BCUT2D eigenvalue weighted by Crippen LogP contribution is 2.69. The summed E-state index contributed by atoms with van der Waals surface area (Å²) in [5, 5.41) is 0. The summed E-state index contributed by atoms with van der Waals surface area (Å²) in [6.45, 7) is 2.86. The first kappa shape index (κ1) is 15.8. The molecule has 26 heavy (non-hydrogen) atoms. The van der Waals surface area contributed by atoms with E-state index in [0.717, 1.165) is 47.5 Å². The number of nitrogens with zero attached hydrogens (tertiary/aromatic N) is 1. The lowest BCUT2D eigenvalue weighted by atomic mass is 9.59. The summed E-state index contributed by atoms with van der Waals surface area (Å²) < 4.78 is 7.09. The SMILES string of the molecule is C1CCN2CC3C(CCC4C3C[C@]35O[C@@H]6CCCC3C6CCC45)CC2C1. The summed E-state index contributed by atoms with van der Waals surface area (Å²) in [6.07, 6.45) is 18.6. The third-order valence-corrected chi connectivity index (χ3v) is 10.9. The van der Waals surface area contributed by atoms with Gasteiger partial charge in [-0.2, -0.15) is 0 Å². The zero-order chi connectivity index (χ0) is 16.9. The van der Waals surface area contributed by atoms with Crippen molar-refractivity contribution in [3.05, 3.63) is 0 Å². The molecule has 0 aromatic carbocycles. The normalized spacial score (nSPS) is 60.7. The van der Waals surface area contributed by atoms with Gasteiger partial charge in [0.15, 0.2) is 0 Å². The molecule has 0 radical (unpaired) electrons. The lowest BCUT2D eigenvalue weighted by Gasteiger charge is -2.52. The van der Waals surface area contributed by atoms with E-state index in [1.54, 1.807) is 19.3 Å². The Hall–Kier alpha value is -0.0800. The molecule has 0 aromatic rings. The molecule has 8 unspecified atom stereocenters. The van der Waals surface area contributed by atoms with E-state index in [-0.39, 0.29) is 0 Å². The standard InChI is InChI=1S/C24H37NO/c1-2-11-25-14-20-15(12-16(25)4-1)7-8-17-19(20)13-24-21-5-3-6-23(26-24)18(21)9-10-22(17)24/h15-23H,1-14H2/t15?,16?,17?,18?,19?,20?,21?,22?,23-,24+/m1/s1. The first-order valence-electron chi connectivity index (χ1n) is 12.3. The molecule has 7 fully saturated rings. The number of hydrogen-bond donors (Lipinski definition) is 0. The predicted octanol–water partition coefficient (Wildman–Crippen LogP) is 4.87. The molecule has 1 spiro atoms. The topological polar surface area (TPSA) is 12.5 Å². The number of hydrogen-bond acceptors (Lipinski definition) is 2. The summed E-state index contributed by atoms with van der Waals surface area (Å²) in [4.78, 5) is 2.93. The van der Waals surface area contributed by atoms with E-state index in [9.17, 15) is 0 Å². The third-order valence-electron chi connectivity index (χ3n) is 10.9. The van der Waals surface area contributed by atoms with Crippen molar-refractivity contribution in [2.24, 2.45) is 41.4 Å². The fourth-order valence-electron chi connectivity index (χ4n) is 10.1. The van der Waals surface area contributed by atoms with Crippen LogP contribution in [0.1, 0.15) is 77.0 Å². The average Bonchev–Trinajstić information content (AvgIpc) is 3.00. The summed E-state index contributed by atoms with van der Waals surface area (Å²) in [5.41, 5.74) is 0.354. The van der Waals surface area contributed by atoms with Gasteiger partial charge in [-0.3, -0.25) is 0 Å². The van der Waals surface area contributed by atoms with E-state index < -0.39 is 0 Å². The molecule has 7 aliphatic rings. The second-order valence-electron chi connectivity index (χ2n) is 11.4. The molecule has 10 atom stereocenters. The first-order chi connectivity index (χ1) is 12.8. The minimum atomic E-state index is 0.354. The van der Waals surface area contributed by atoms with Crippen LogP contribution in [0.5, 0.6) is 0 Å². The maximum Gasteiger partial charge on any atom is 0.0751 e. The van der Waals surface area contributed by atoms with Crippen molar-refractivity contribution in [2.75, 3.05) is 13.1 Å². The Bertz CT molecular complexity index is 591. The lowest BCUT2D eigenvalue weighted by Crippen LogP contribution is -2.53.